The number of para-hydroxylation sites is 3. The van der Waals surface area contributed by atoms with Crippen molar-refractivity contribution in [1.82, 2.24) is 15.5 Å². The molecule has 9 nitrogen and oxygen atoms in total. The van der Waals surface area contributed by atoms with Gasteiger partial charge in [0.25, 0.3) is 15.9 Å². The molecule has 212 valence electrons. The largest absolute Gasteiger partial charge is 0.455 e. The van der Waals surface area contributed by atoms with E-state index in [0.717, 1.165) is 19.5 Å². The van der Waals surface area contributed by atoms with E-state index in [4.69, 9.17) is 4.74 Å². The minimum absolute atomic E-state index is 0.0145. The number of hydrogen-bond acceptors (Lipinski definition) is 6. The molecule has 3 aromatic carbocycles. The molecular weight excluding hydrogens is 528 g/mol. The Morgan fingerprint density at radius 3 is 2.40 bits per heavy atom. The lowest BCUT2D eigenvalue weighted by molar-refractivity contribution is -0.120. The van der Waals surface area contributed by atoms with E-state index in [0.29, 0.717) is 24.1 Å². The number of rotatable bonds is 12. The van der Waals surface area contributed by atoms with Crippen molar-refractivity contribution >= 4 is 27.5 Å². The van der Waals surface area contributed by atoms with E-state index in [2.05, 4.69) is 27.2 Å². The van der Waals surface area contributed by atoms with Gasteiger partial charge in [-0.3, -0.25) is 14.3 Å². The van der Waals surface area contributed by atoms with E-state index >= 15 is 0 Å². The minimum atomic E-state index is -3.95. The number of amides is 2. The summed E-state index contributed by atoms with van der Waals surface area (Å²) in [5, 5.41) is 5.42. The van der Waals surface area contributed by atoms with Crippen LogP contribution in [0.1, 0.15) is 43.0 Å². The predicted molar refractivity (Wildman–Crippen MR) is 155 cm³/mol. The highest BCUT2D eigenvalue weighted by molar-refractivity contribution is 7.92. The molecule has 10 heteroatoms. The third-order valence-electron chi connectivity index (χ3n) is 6.82. The van der Waals surface area contributed by atoms with E-state index < -0.39 is 15.9 Å². The summed E-state index contributed by atoms with van der Waals surface area (Å²) in [6.45, 7) is 4.70. The summed E-state index contributed by atoms with van der Waals surface area (Å²) in [6.07, 6.45) is 4.59. The zero-order valence-corrected chi connectivity index (χ0v) is 23.5. The molecule has 3 aromatic rings. The van der Waals surface area contributed by atoms with E-state index in [9.17, 15) is 18.0 Å². The third-order valence-corrected chi connectivity index (χ3v) is 8.20. The molecule has 0 spiro atoms. The number of carbonyl (C=O) groups is 2. The van der Waals surface area contributed by atoms with Crippen LogP contribution in [0, 0.1) is 0 Å². The Labute approximate surface area is 236 Å². The summed E-state index contributed by atoms with van der Waals surface area (Å²) in [5.41, 5.74) is 0.531. The number of anilines is 1. The zero-order valence-electron chi connectivity index (χ0n) is 22.6. The van der Waals surface area contributed by atoms with Crippen LogP contribution in [-0.4, -0.2) is 57.4 Å². The number of benzene rings is 3. The molecule has 0 bridgehead atoms. The molecule has 1 aliphatic rings. The highest BCUT2D eigenvalue weighted by Gasteiger charge is 2.19. The Hall–Kier alpha value is -3.89. The van der Waals surface area contributed by atoms with E-state index in [-0.39, 0.29) is 28.6 Å². The second kappa shape index (κ2) is 14.0. The minimum Gasteiger partial charge on any atom is -0.455 e. The molecule has 1 aliphatic heterocycles. The summed E-state index contributed by atoms with van der Waals surface area (Å²) in [4.78, 5) is 27.1. The Balaban J connectivity index is 1.25. The van der Waals surface area contributed by atoms with E-state index in [1.165, 1.54) is 43.5 Å². The average molecular weight is 565 g/mol. The Morgan fingerprint density at radius 1 is 0.925 bits per heavy atom. The van der Waals surface area contributed by atoms with Gasteiger partial charge in [0.15, 0.2) is 5.75 Å². The molecule has 1 heterocycles. The van der Waals surface area contributed by atoms with Gasteiger partial charge >= 0.3 is 0 Å². The molecule has 1 unspecified atom stereocenters. The van der Waals surface area contributed by atoms with Gasteiger partial charge in [-0.05, 0) is 81.3 Å². The van der Waals surface area contributed by atoms with Gasteiger partial charge < -0.3 is 20.3 Å². The normalized spacial score (nSPS) is 15.7. The number of sulfonamides is 1. The van der Waals surface area contributed by atoms with Crippen LogP contribution >= 0.6 is 0 Å². The first-order valence-electron chi connectivity index (χ1n) is 13.6. The monoisotopic (exact) mass is 564 g/mol. The number of likely N-dealkylation sites (tertiary alicyclic amines) is 1. The number of hydrogen-bond donors (Lipinski definition) is 3. The lowest BCUT2D eigenvalue weighted by Gasteiger charge is -2.33. The smallest absolute Gasteiger partial charge is 0.262 e. The van der Waals surface area contributed by atoms with Crippen LogP contribution in [0.5, 0.6) is 11.5 Å². The van der Waals surface area contributed by atoms with Crippen molar-refractivity contribution in [1.29, 1.82) is 0 Å². The van der Waals surface area contributed by atoms with Crippen molar-refractivity contribution in [2.45, 2.75) is 43.5 Å². The predicted octanol–water partition coefficient (Wildman–Crippen LogP) is 4.39. The molecule has 1 atom stereocenters. The van der Waals surface area contributed by atoms with Crippen molar-refractivity contribution in [2.24, 2.45) is 0 Å². The standard InChI is InChI=1S/C30H36N4O5S/c1-23-10-7-8-20-34(23)21-9-19-31-29(35)22-32-30(36)24-15-17-26(18-16-24)40(37,38)33-27-13-5-6-14-28(27)39-25-11-3-2-4-12-25/h2-6,11-18,23,33H,7-10,19-22H2,1H3,(H,31,35)(H,32,36). The van der Waals surface area contributed by atoms with Crippen molar-refractivity contribution in [3.63, 3.8) is 0 Å². The van der Waals surface area contributed by atoms with Crippen LogP contribution in [0.15, 0.2) is 83.8 Å². The van der Waals surface area contributed by atoms with Gasteiger partial charge in [0.1, 0.15) is 5.75 Å². The molecule has 0 radical (unpaired) electrons. The maximum absolute atomic E-state index is 13.0. The number of ether oxygens (including phenoxy) is 1. The Morgan fingerprint density at radius 2 is 1.65 bits per heavy atom. The van der Waals surface area contributed by atoms with Gasteiger partial charge in [0, 0.05) is 24.7 Å². The van der Waals surface area contributed by atoms with Crippen molar-refractivity contribution < 1.29 is 22.7 Å². The average Bonchev–Trinajstić information content (AvgIpc) is 2.96. The molecular formula is C30H36N4O5S. The molecule has 0 saturated carbocycles. The Bertz CT molecular complexity index is 1380. The highest BCUT2D eigenvalue weighted by atomic mass is 32.2. The molecule has 4 rings (SSSR count). The number of nitrogens with zero attached hydrogens (tertiary/aromatic N) is 1. The van der Waals surface area contributed by atoms with Crippen LogP contribution in [0.4, 0.5) is 5.69 Å². The zero-order chi connectivity index (χ0) is 28.4. The molecule has 0 aromatic heterocycles. The fraction of sp³-hybridized carbons (Fsp3) is 0.333. The van der Waals surface area contributed by atoms with Gasteiger partial charge in [-0.25, -0.2) is 8.42 Å². The lowest BCUT2D eigenvalue weighted by Crippen LogP contribution is -2.40. The van der Waals surface area contributed by atoms with E-state index in [1.807, 2.05) is 18.2 Å². The molecule has 40 heavy (non-hydrogen) atoms. The van der Waals surface area contributed by atoms with E-state index in [1.54, 1.807) is 36.4 Å². The summed E-state index contributed by atoms with van der Waals surface area (Å²) >= 11 is 0. The van der Waals surface area contributed by atoms with Gasteiger partial charge in [0.2, 0.25) is 5.91 Å². The van der Waals surface area contributed by atoms with Crippen LogP contribution in [-0.2, 0) is 14.8 Å². The van der Waals surface area contributed by atoms with Gasteiger partial charge in [-0.1, -0.05) is 36.8 Å². The van der Waals surface area contributed by atoms with Crippen molar-refractivity contribution in [3.05, 3.63) is 84.4 Å². The summed E-state index contributed by atoms with van der Waals surface area (Å²) in [6, 6.07) is 21.9. The SMILES string of the molecule is CC1CCCCN1CCCNC(=O)CNC(=O)c1ccc(S(=O)(=O)Nc2ccccc2Oc2ccccc2)cc1. The topological polar surface area (TPSA) is 117 Å². The second-order valence-corrected chi connectivity index (χ2v) is 11.5. The number of carbonyl (C=O) groups excluding carboxylic acids is 2. The highest BCUT2D eigenvalue weighted by Crippen LogP contribution is 2.31. The summed E-state index contributed by atoms with van der Waals surface area (Å²) in [7, 11) is -3.95. The van der Waals surface area contributed by atoms with Crippen molar-refractivity contribution in [3.8, 4) is 11.5 Å². The molecule has 0 aliphatic carbocycles. The van der Waals surface area contributed by atoms with Gasteiger partial charge in [-0.15, -0.1) is 0 Å². The van der Waals surface area contributed by atoms with Gasteiger partial charge in [-0.2, -0.15) is 0 Å². The lowest BCUT2D eigenvalue weighted by atomic mass is 10.0. The fourth-order valence-electron chi connectivity index (χ4n) is 4.57. The van der Waals surface area contributed by atoms with Crippen LogP contribution < -0.4 is 20.1 Å². The maximum atomic E-state index is 13.0. The molecule has 1 saturated heterocycles. The Kier molecular flexibility index (Phi) is 10.2. The second-order valence-electron chi connectivity index (χ2n) is 9.81. The first kappa shape index (κ1) is 29.1. The molecule has 1 fully saturated rings. The fourth-order valence-corrected chi connectivity index (χ4v) is 5.64. The quantitative estimate of drug-likeness (QED) is 0.281. The summed E-state index contributed by atoms with van der Waals surface area (Å²) in [5.74, 6) is 0.202. The van der Waals surface area contributed by atoms with Gasteiger partial charge in [0.05, 0.1) is 17.1 Å². The number of nitrogens with one attached hydrogen (secondary N) is 3. The number of piperidine rings is 1. The molecule has 3 N–H and O–H groups in total. The maximum Gasteiger partial charge on any atom is 0.262 e. The third kappa shape index (κ3) is 8.30. The molecule has 2 amide bonds. The first-order chi connectivity index (χ1) is 19.3. The van der Waals surface area contributed by atoms with Crippen LogP contribution in [0.25, 0.3) is 0 Å². The van der Waals surface area contributed by atoms with Crippen molar-refractivity contribution in [2.75, 3.05) is 30.9 Å². The first-order valence-corrected chi connectivity index (χ1v) is 15.0. The van der Waals surface area contributed by atoms with Crippen LogP contribution in [0.2, 0.25) is 0 Å². The summed E-state index contributed by atoms with van der Waals surface area (Å²) < 4.78 is 34.4. The van der Waals surface area contributed by atoms with Crippen LogP contribution in [0.3, 0.4) is 0 Å².